The number of amides is 1. The average Bonchev–Trinajstić information content (AvgIpc) is 2.83. The van der Waals surface area contributed by atoms with Crippen molar-refractivity contribution in [1.29, 1.82) is 0 Å². The number of hydrogen-bond acceptors (Lipinski definition) is 11. The highest BCUT2D eigenvalue weighted by atomic mass is 16.6. The number of carbonyl (C=O) groups excluding carboxylic acids is 4. The molecule has 1 saturated heterocycles. The third-order valence-corrected chi connectivity index (χ3v) is 5.27. The molecule has 1 fully saturated rings. The minimum atomic E-state index is -1.54. The van der Waals surface area contributed by atoms with E-state index in [4.69, 9.17) is 23.7 Å². The predicted octanol–water partition coefficient (Wildman–Crippen LogP) is 0.219. The van der Waals surface area contributed by atoms with Gasteiger partial charge in [0.05, 0.1) is 13.2 Å². The van der Waals surface area contributed by atoms with Crippen molar-refractivity contribution < 1.29 is 53.1 Å². The molecule has 0 bridgehead atoms. The normalized spacial score (nSPS) is 24.5. The molecule has 1 aliphatic heterocycles. The molecule has 0 aromatic heterocycles. The Morgan fingerprint density at radius 3 is 2.29 bits per heavy atom. The van der Waals surface area contributed by atoms with Gasteiger partial charge < -0.3 is 39.2 Å². The Hall–Kier alpha value is -3.22. The van der Waals surface area contributed by atoms with Crippen LogP contribution in [0.1, 0.15) is 32.3 Å². The fourth-order valence-electron chi connectivity index (χ4n) is 3.56. The van der Waals surface area contributed by atoms with E-state index in [1.165, 1.54) is 6.92 Å². The SMILES string of the molecule is COC(=O)[C@H](CC[C@@H]1O[C@H](COC(C)=O)[C@@H](OC(C)=O)[C@@H](O)[C@H]1O)NC(=O)OCc1ccccc1. The molecule has 194 valence electrons. The number of alkyl carbamates (subject to hydrolysis) is 1. The maximum Gasteiger partial charge on any atom is 0.408 e. The van der Waals surface area contributed by atoms with E-state index in [0.29, 0.717) is 0 Å². The van der Waals surface area contributed by atoms with Crippen LogP contribution in [0.3, 0.4) is 0 Å². The fraction of sp³-hybridized carbons (Fsp3) is 0.565. The maximum atomic E-state index is 12.2. The lowest BCUT2D eigenvalue weighted by molar-refractivity contribution is -0.241. The lowest BCUT2D eigenvalue weighted by Gasteiger charge is -2.42. The number of rotatable bonds is 10. The van der Waals surface area contributed by atoms with Gasteiger partial charge in [-0.25, -0.2) is 9.59 Å². The van der Waals surface area contributed by atoms with Crippen LogP contribution < -0.4 is 5.32 Å². The molecule has 12 heteroatoms. The first kappa shape index (κ1) is 28.0. The lowest BCUT2D eigenvalue weighted by Crippen LogP contribution is -2.60. The Bertz CT molecular complexity index is 862. The molecule has 0 unspecified atom stereocenters. The lowest BCUT2D eigenvalue weighted by atomic mass is 9.91. The van der Waals surface area contributed by atoms with Crippen molar-refractivity contribution >= 4 is 24.0 Å². The van der Waals surface area contributed by atoms with Gasteiger partial charge in [0, 0.05) is 13.8 Å². The molecule has 1 aromatic rings. The third kappa shape index (κ3) is 8.81. The van der Waals surface area contributed by atoms with E-state index in [1.807, 2.05) is 6.07 Å². The van der Waals surface area contributed by atoms with E-state index in [1.54, 1.807) is 24.3 Å². The summed E-state index contributed by atoms with van der Waals surface area (Å²) in [5.41, 5.74) is 0.756. The van der Waals surface area contributed by atoms with Crippen LogP contribution in [0.15, 0.2) is 30.3 Å². The van der Waals surface area contributed by atoms with Crippen LogP contribution in [-0.2, 0) is 44.7 Å². The zero-order chi connectivity index (χ0) is 26.0. The van der Waals surface area contributed by atoms with Gasteiger partial charge in [-0.05, 0) is 18.4 Å². The number of esters is 3. The zero-order valence-corrected chi connectivity index (χ0v) is 19.7. The highest BCUT2D eigenvalue weighted by Gasteiger charge is 2.47. The van der Waals surface area contributed by atoms with Crippen molar-refractivity contribution in [3.63, 3.8) is 0 Å². The quantitative estimate of drug-likeness (QED) is 0.299. The van der Waals surface area contributed by atoms with Crippen molar-refractivity contribution in [3.05, 3.63) is 35.9 Å². The number of aliphatic hydroxyl groups is 2. The van der Waals surface area contributed by atoms with Gasteiger partial charge in [-0.1, -0.05) is 30.3 Å². The summed E-state index contributed by atoms with van der Waals surface area (Å²) in [6.07, 6.45) is -7.31. The summed E-state index contributed by atoms with van der Waals surface area (Å²) in [6, 6.07) is 7.81. The van der Waals surface area contributed by atoms with Crippen molar-refractivity contribution in [2.75, 3.05) is 13.7 Å². The van der Waals surface area contributed by atoms with Crippen LogP contribution in [0.2, 0.25) is 0 Å². The summed E-state index contributed by atoms with van der Waals surface area (Å²) in [4.78, 5) is 47.0. The molecule has 35 heavy (non-hydrogen) atoms. The van der Waals surface area contributed by atoms with E-state index in [-0.39, 0.29) is 26.1 Å². The molecule has 2 rings (SSSR count). The van der Waals surface area contributed by atoms with E-state index >= 15 is 0 Å². The molecule has 0 aliphatic carbocycles. The van der Waals surface area contributed by atoms with Crippen molar-refractivity contribution in [1.82, 2.24) is 5.32 Å². The summed E-state index contributed by atoms with van der Waals surface area (Å²) in [7, 11) is 1.15. The van der Waals surface area contributed by atoms with Gasteiger partial charge in [0.25, 0.3) is 0 Å². The average molecular weight is 497 g/mol. The highest BCUT2D eigenvalue weighted by molar-refractivity contribution is 5.81. The Labute approximate surface area is 202 Å². The summed E-state index contributed by atoms with van der Waals surface area (Å²) < 4.78 is 25.6. The van der Waals surface area contributed by atoms with Crippen LogP contribution in [0, 0.1) is 0 Å². The zero-order valence-electron chi connectivity index (χ0n) is 19.7. The van der Waals surface area contributed by atoms with Crippen molar-refractivity contribution in [2.24, 2.45) is 0 Å². The standard InChI is InChI=1S/C23H31NO11/c1-13(25)32-12-18-21(34-14(2)26)20(28)19(27)17(35-18)10-9-16(22(29)31-3)24-23(30)33-11-15-7-5-4-6-8-15/h4-8,16-21,27-28H,9-12H2,1-3H3,(H,24,30)/t16-,17-,18+,19-,20-,21+/m0/s1. The van der Waals surface area contributed by atoms with Crippen LogP contribution in [0.25, 0.3) is 0 Å². The maximum absolute atomic E-state index is 12.2. The van der Waals surface area contributed by atoms with E-state index < -0.39 is 60.6 Å². The van der Waals surface area contributed by atoms with Crippen LogP contribution >= 0.6 is 0 Å². The molecule has 0 spiro atoms. The minimum Gasteiger partial charge on any atom is -0.467 e. The van der Waals surface area contributed by atoms with Crippen molar-refractivity contribution in [3.8, 4) is 0 Å². The Kier molecular flexibility index (Phi) is 10.9. The first-order valence-corrected chi connectivity index (χ1v) is 11.0. The van der Waals surface area contributed by atoms with Gasteiger partial charge in [-0.2, -0.15) is 0 Å². The van der Waals surface area contributed by atoms with Gasteiger partial charge >= 0.3 is 24.0 Å². The van der Waals surface area contributed by atoms with Gasteiger partial charge in [0.1, 0.15) is 37.6 Å². The summed E-state index contributed by atoms with van der Waals surface area (Å²) in [6.45, 7) is 1.96. The van der Waals surface area contributed by atoms with Crippen LogP contribution in [-0.4, -0.2) is 84.5 Å². The molecule has 1 heterocycles. The second-order valence-corrected chi connectivity index (χ2v) is 7.93. The second kappa shape index (κ2) is 13.6. The first-order valence-electron chi connectivity index (χ1n) is 11.0. The highest BCUT2D eigenvalue weighted by Crippen LogP contribution is 2.27. The van der Waals surface area contributed by atoms with Gasteiger partial charge in [0.2, 0.25) is 0 Å². The van der Waals surface area contributed by atoms with Gasteiger partial charge in [0.15, 0.2) is 6.10 Å². The number of aliphatic hydroxyl groups excluding tert-OH is 2. The number of methoxy groups -OCH3 is 1. The topological polar surface area (TPSA) is 167 Å². The number of carbonyl (C=O) groups is 4. The number of nitrogens with one attached hydrogen (secondary N) is 1. The Morgan fingerprint density at radius 2 is 1.69 bits per heavy atom. The third-order valence-electron chi connectivity index (χ3n) is 5.27. The minimum absolute atomic E-state index is 0.00737. The number of benzene rings is 1. The molecule has 0 radical (unpaired) electrons. The molecule has 1 amide bonds. The molecule has 1 aliphatic rings. The summed E-state index contributed by atoms with van der Waals surface area (Å²) in [5.74, 6) is -2.09. The number of ether oxygens (including phenoxy) is 5. The first-order chi connectivity index (χ1) is 16.6. The van der Waals surface area contributed by atoms with Crippen LogP contribution in [0.4, 0.5) is 4.79 Å². The Balaban J connectivity index is 2.01. The molecular formula is C23H31NO11. The van der Waals surface area contributed by atoms with E-state index in [0.717, 1.165) is 19.6 Å². The smallest absolute Gasteiger partial charge is 0.408 e. The monoisotopic (exact) mass is 497 g/mol. The van der Waals surface area contributed by atoms with E-state index in [9.17, 15) is 29.4 Å². The summed E-state index contributed by atoms with van der Waals surface area (Å²) in [5, 5.41) is 23.4. The Morgan fingerprint density at radius 1 is 1.00 bits per heavy atom. The van der Waals surface area contributed by atoms with Gasteiger partial charge in [-0.15, -0.1) is 0 Å². The molecule has 3 N–H and O–H groups in total. The number of hydrogen-bond donors (Lipinski definition) is 3. The molecule has 1 aromatic carbocycles. The van der Waals surface area contributed by atoms with Crippen molar-refractivity contribution in [2.45, 2.75) is 69.9 Å². The van der Waals surface area contributed by atoms with Gasteiger partial charge in [-0.3, -0.25) is 9.59 Å². The largest absolute Gasteiger partial charge is 0.467 e. The molecule has 6 atom stereocenters. The van der Waals surface area contributed by atoms with E-state index in [2.05, 4.69) is 5.32 Å². The van der Waals surface area contributed by atoms with Crippen LogP contribution in [0.5, 0.6) is 0 Å². The molecule has 0 saturated carbocycles. The second-order valence-electron chi connectivity index (χ2n) is 7.93. The molecular weight excluding hydrogens is 466 g/mol. The predicted molar refractivity (Wildman–Crippen MR) is 118 cm³/mol. The molecule has 12 nitrogen and oxygen atoms in total. The summed E-state index contributed by atoms with van der Waals surface area (Å²) >= 11 is 0. The fourth-order valence-corrected chi connectivity index (χ4v) is 3.56.